The lowest BCUT2D eigenvalue weighted by Gasteiger charge is -2.16. The Kier molecular flexibility index (Phi) is 8.75. The minimum Gasteiger partial charge on any atom is -0.370 e. The molecule has 0 bridgehead atoms. The lowest BCUT2D eigenvalue weighted by molar-refractivity contribution is 0.708. The number of nitrogens with one attached hydrogen (secondary N) is 1. The van der Waals surface area contributed by atoms with Gasteiger partial charge in [-0.2, -0.15) is 0 Å². The first-order chi connectivity index (χ1) is 11.4. The minimum atomic E-state index is -0.0757. The van der Waals surface area contributed by atoms with Crippen molar-refractivity contribution in [2.45, 2.75) is 19.5 Å². The second kappa shape index (κ2) is 10.0. The molecule has 25 heavy (non-hydrogen) atoms. The molecule has 0 saturated heterocycles. The predicted octanol–water partition coefficient (Wildman–Crippen LogP) is 4.24. The molecule has 136 valence electrons. The van der Waals surface area contributed by atoms with Gasteiger partial charge in [-0.15, -0.1) is 24.0 Å². The fourth-order valence-corrected chi connectivity index (χ4v) is 2.75. The zero-order valence-corrected chi connectivity index (χ0v) is 18.2. The highest BCUT2D eigenvalue weighted by Gasteiger charge is 2.10. The van der Waals surface area contributed by atoms with Gasteiger partial charge >= 0.3 is 0 Å². The van der Waals surface area contributed by atoms with E-state index >= 15 is 0 Å². The van der Waals surface area contributed by atoms with Crippen molar-refractivity contribution < 1.29 is 0 Å². The molecule has 1 unspecified atom stereocenters. The van der Waals surface area contributed by atoms with E-state index in [1.54, 1.807) is 18.3 Å². The number of pyridine rings is 1. The molecule has 2 rings (SSSR count). The van der Waals surface area contributed by atoms with E-state index in [9.17, 15) is 0 Å². The maximum atomic E-state index is 6.21. The molecule has 3 N–H and O–H groups in total. The Morgan fingerprint density at radius 2 is 2.00 bits per heavy atom. The molecule has 0 amide bonds. The molecule has 2 aromatic rings. The van der Waals surface area contributed by atoms with E-state index in [-0.39, 0.29) is 30.0 Å². The van der Waals surface area contributed by atoms with Gasteiger partial charge < -0.3 is 16.0 Å². The average molecular weight is 494 g/mol. The average Bonchev–Trinajstić information content (AvgIpc) is 2.53. The third-order valence-corrected chi connectivity index (χ3v) is 4.06. The highest BCUT2D eigenvalue weighted by atomic mass is 127. The largest absolute Gasteiger partial charge is 0.370 e. The minimum absolute atomic E-state index is 0. The molecule has 1 aromatic carbocycles. The van der Waals surface area contributed by atoms with Crippen molar-refractivity contribution in [2.75, 3.05) is 19.0 Å². The van der Waals surface area contributed by atoms with Crippen LogP contribution in [0.4, 0.5) is 5.82 Å². The quantitative estimate of drug-likeness (QED) is 0.371. The highest BCUT2D eigenvalue weighted by molar-refractivity contribution is 14.0. The Bertz CT molecular complexity index is 737. The normalized spacial score (nSPS) is 12.3. The molecule has 0 aliphatic carbocycles. The summed E-state index contributed by atoms with van der Waals surface area (Å²) in [5.74, 6) is 1.24. The van der Waals surface area contributed by atoms with Crippen LogP contribution in [0.2, 0.25) is 10.0 Å². The van der Waals surface area contributed by atoms with Gasteiger partial charge in [0.25, 0.3) is 0 Å². The first-order valence-corrected chi connectivity index (χ1v) is 8.26. The molecule has 8 heteroatoms. The molecule has 1 heterocycles. The summed E-state index contributed by atoms with van der Waals surface area (Å²) in [5, 5.41) is 4.34. The number of hydrogen-bond acceptors (Lipinski definition) is 3. The van der Waals surface area contributed by atoms with Gasteiger partial charge in [-0.1, -0.05) is 29.3 Å². The fourth-order valence-electron chi connectivity index (χ4n) is 2.18. The Labute approximate surface area is 175 Å². The number of benzene rings is 1. The lowest BCUT2D eigenvalue weighted by Crippen LogP contribution is -2.34. The van der Waals surface area contributed by atoms with E-state index < -0.39 is 0 Å². The van der Waals surface area contributed by atoms with Crippen LogP contribution in [-0.4, -0.2) is 25.0 Å². The summed E-state index contributed by atoms with van der Waals surface area (Å²) in [5.41, 5.74) is 7.93. The molecule has 0 aliphatic rings. The van der Waals surface area contributed by atoms with Gasteiger partial charge in [-0.05, 0) is 42.3 Å². The van der Waals surface area contributed by atoms with Crippen LogP contribution in [-0.2, 0) is 6.54 Å². The Balaban J connectivity index is 0.00000312. The summed E-state index contributed by atoms with van der Waals surface area (Å²) in [6.45, 7) is 2.44. The summed E-state index contributed by atoms with van der Waals surface area (Å²) in [4.78, 5) is 10.6. The lowest BCUT2D eigenvalue weighted by atomic mass is 10.1. The van der Waals surface area contributed by atoms with Crippen LogP contribution in [0, 0.1) is 0 Å². The van der Waals surface area contributed by atoms with Gasteiger partial charge in [0, 0.05) is 30.3 Å². The van der Waals surface area contributed by atoms with Crippen LogP contribution in [0.15, 0.2) is 41.5 Å². The zero-order valence-electron chi connectivity index (χ0n) is 14.3. The number of guanidine groups is 1. The van der Waals surface area contributed by atoms with Gasteiger partial charge in [0.05, 0.1) is 12.6 Å². The SMILES string of the molecule is CC(NC(N)=NCc1ccnc(N(C)C)c1)c1ccc(Cl)cc1Cl.I. The molecular weight excluding hydrogens is 472 g/mol. The van der Waals surface area contributed by atoms with Gasteiger partial charge in [-0.25, -0.2) is 9.98 Å². The molecular formula is C17H22Cl2IN5. The fraction of sp³-hybridized carbons (Fsp3) is 0.294. The highest BCUT2D eigenvalue weighted by Crippen LogP contribution is 2.25. The van der Waals surface area contributed by atoms with Crippen LogP contribution in [0.1, 0.15) is 24.1 Å². The topological polar surface area (TPSA) is 66.5 Å². The number of nitrogens with two attached hydrogens (primary N) is 1. The van der Waals surface area contributed by atoms with Crippen LogP contribution in [0.5, 0.6) is 0 Å². The number of aliphatic imine (C=N–C) groups is 1. The van der Waals surface area contributed by atoms with Gasteiger partial charge in [-0.3, -0.25) is 0 Å². The summed E-state index contributed by atoms with van der Waals surface area (Å²) in [6.07, 6.45) is 1.76. The van der Waals surface area contributed by atoms with E-state index in [4.69, 9.17) is 28.9 Å². The third kappa shape index (κ3) is 6.52. The molecule has 1 aromatic heterocycles. The number of hydrogen-bond donors (Lipinski definition) is 2. The Morgan fingerprint density at radius 1 is 1.28 bits per heavy atom. The van der Waals surface area contributed by atoms with Crippen molar-refractivity contribution in [2.24, 2.45) is 10.7 Å². The molecule has 0 spiro atoms. The Hall–Kier alpha value is -1.25. The van der Waals surface area contributed by atoms with E-state index in [0.717, 1.165) is 16.9 Å². The van der Waals surface area contributed by atoms with E-state index in [0.29, 0.717) is 22.5 Å². The standard InChI is InChI=1S/C17H21Cl2N5.HI/c1-11(14-5-4-13(18)9-15(14)19)23-17(20)22-10-12-6-7-21-16(8-12)24(2)3;/h4-9,11H,10H2,1-3H3,(H3,20,22,23);1H. The smallest absolute Gasteiger partial charge is 0.189 e. The first-order valence-electron chi connectivity index (χ1n) is 7.50. The molecule has 0 radical (unpaired) electrons. The van der Waals surface area contributed by atoms with Gasteiger partial charge in [0.15, 0.2) is 5.96 Å². The van der Waals surface area contributed by atoms with E-state index in [1.165, 1.54) is 0 Å². The van der Waals surface area contributed by atoms with Crippen LogP contribution < -0.4 is 16.0 Å². The summed E-state index contributed by atoms with van der Waals surface area (Å²) in [7, 11) is 3.89. The van der Waals surface area contributed by atoms with Crippen LogP contribution in [0.3, 0.4) is 0 Å². The second-order valence-electron chi connectivity index (χ2n) is 5.65. The summed E-state index contributed by atoms with van der Waals surface area (Å²) in [6, 6.07) is 9.22. The second-order valence-corrected chi connectivity index (χ2v) is 6.49. The summed E-state index contributed by atoms with van der Waals surface area (Å²) >= 11 is 12.1. The predicted molar refractivity (Wildman–Crippen MR) is 117 cm³/mol. The van der Waals surface area contributed by atoms with Crippen molar-refractivity contribution in [1.29, 1.82) is 0 Å². The monoisotopic (exact) mass is 493 g/mol. The number of anilines is 1. The maximum absolute atomic E-state index is 6.21. The van der Waals surface area contributed by atoms with Crippen molar-refractivity contribution in [1.82, 2.24) is 10.3 Å². The van der Waals surface area contributed by atoms with Crippen LogP contribution >= 0.6 is 47.2 Å². The van der Waals surface area contributed by atoms with Gasteiger partial charge in [0.1, 0.15) is 5.82 Å². The van der Waals surface area contributed by atoms with Crippen molar-refractivity contribution in [3.63, 3.8) is 0 Å². The molecule has 0 saturated carbocycles. The van der Waals surface area contributed by atoms with Gasteiger partial charge in [0.2, 0.25) is 0 Å². The number of rotatable bonds is 5. The number of halogens is 3. The molecule has 5 nitrogen and oxygen atoms in total. The van der Waals surface area contributed by atoms with E-state index in [1.807, 2.05) is 44.1 Å². The third-order valence-electron chi connectivity index (χ3n) is 3.49. The molecule has 1 atom stereocenters. The summed E-state index contributed by atoms with van der Waals surface area (Å²) < 4.78 is 0. The van der Waals surface area contributed by atoms with E-state index in [2.05, 4.69) is 15.3 Å². The van der Waals surface area contributed by atoms with Crippen molar-refractivity contribution >= 4 is 59.0 Å². The van der Waals surface area contributed by atoms with Crippen molar-refractivity contribution in [3.8, 4) is 0 Å². The zero-order chi connectivity index (χ0) is 17.7. The molecule has 0 aliphatic heterocycles. The number of nitrogens with zero attached hydrogens (tertiary/aromatic N) is 3. The Morgan fingerprint density at radius 3 is 2.64 bits per heavy atom. The van der Waals surface area contributed by atoms with Crippen LogP contribution in [0.25, 0.3) is 0 Å². The maximum Gasteiger partial charge on any atom is 0.189 e. The van der Waals surface area contributed by atoms with Crippen molar-refractivity contribution in [3.05, 3.63) is 57.7 Å². The first kappa shape index (κ1) is 21.8. The number of aromatic nitrogens is 1. The molecule has 0 fully saturated rings.